The van der Waals surface area contributed by atoms with Crippen LogP contribution in [0.5, 0.6) is 5.75 Å². The van der Waals surface area contributed by atoms with Gasteiger partial charge in [-0.2, -0.15) is 0 Å². The van der Waals surface area contributed by atoms with Gasteiger partial charge in [-0.3, -0.25) is 4.72 Å². The van der Waals surface area contributed by atoms with Crippen molar-refractivity contribution in [1.82, 2.24) is 4.98 Å². The van der Waals surface area contributed by atoms with E-state index >= 15 is 0 Å². The van der Waals surface area contributed by atoms with Gasteiger partial charge in [0, 0.05) is 16.6 Å². The summed E-state index contributed by atoms with van der Waals surface area (Å²) < 4.78 is 34.5. The summed E-state index contributed by atoms with van der Waals surface area (Å²) in [6.45, 7) is 3.68. The molecule has 9 heteroatoms. The molecule has 1 heterocycles. The van der Waals surface area contributed by atoms with Gasteiger partial charge in [0.1, 0.15) is 21.3 Å². The van der Waals surface area contributed by atoms with Crippen molar-refractivity contribution in [2.45, 2.75) is 25.0 Å². The number of nitrogens with one attached hydrogen (secondary N) is 2. The number of aromatic nitrogens is 1. The Morgan fingerprint density at radius 3 is 2.38 bits per heavy atom. The Hall–Kier alpha value is -3.40. The van der Waals surface area contributed by atoms with E-state index in [-0.39, 0.29) is 10.6 Å². The van der Waals surface area contributed by atoms with E-state index in [1.807, 2.05) is 62.4 Å². The summed E-state index contributed by atoms with van der Waals surface area (Å²) in [5, 5.41) is 16.2. The number of hydrogen-bond donors (Lipinski definition) is 3. The predicted molar refractivity (Wildman–Crippen MR) is 136 cm³/mol. The molecule has 0 saturated heterocycles. The maximum Gasteiger partial charge on any atom is 0.265 e. The molecule has 3 aromatic carbocycles. The molecule has 0 aliphatic rings. The SMILES string of the molecule is COc1ccc(NC(O)c2csc(-c3ccccc3)n2)cc1S(=O)(=O)Nc1c(C)cccc1C. The fraction of sp³-hybridized carbons (Fsp3) is 0.160. The maximum absolute atomic E-state index is 13.3. The number of hydrogen-bond acceptors (Lipinski definition) is 7. The van der Waals surface area contributed by atoms with Crippen molar-refractivity contribution in [3.05, 3.63) is 88.9 Å². The molecule has 0 spiro atoms. The number of thiazole rings is 1. The first-order valence-corrected chi connectivity index (χ1v) is 12.9. The van der Waals surface area contributed by atoms with Crippen LogP contribution in [-0.4, -0.2) is 25.6 Å². The van der Waals surface area contributed by atoms with E-state index in [4.69, 9.17) is 4.74 Å². The molecule has 34 heavy (non-hydrogen) atoms. The monoisotopic (exact) mass is 495 g/mol. The van der Waals surface area contributed by atoms with E-state index in [1.54, 1.807) is 17.5 Å². The van der Waals surface area contributed by atoms with Gasteiger partial charge in [-0.05, 0) is 43.2 Å². The number of nitrogens with zero attached hydrogens (tertiary/aromatic N) is 1. The van der Waals surface area contributed by atoms with Gasteiger partial charge in [-0.25, -0.2) is 13.4 Å². The third-order valence-corrected chi connectivity index (χ3v) is 7.58. The molecule has 0 radical (unpaired) electrons. The smallest absolute Gasteiger partial charge is 0.265 e. The Morgan fingerprint density at radius 2 is 1.71 bits per heavy atom. The van der Waals surface area contributed by atoms with E-state index in [1.165, 1.54) is 24.5 Å². The number of sulfonamides is 1. The number of rotatable bonds is 8. The minimum Gasteiger partial charge on any atom is -0.495 e. The zero-order valence-corrected chi connectivity index (χ0v) is 20.6. The fourth-order valence-corrected chi connectivity index (χ4v) is 5.74. The van der Waals surface area contributed by atoms with Crippen molar-refractivity contribution in [2.24, 2.45) is 0 Å². The van der Waals surface area contributed by atoms with Crippen LogP contribution in [0.15, 0.2) is 77.0 Å². The first kappa shape index (κ1) is 23.7. The minimum absolute atomic E-state index is 0.0434. The molecule has 1 unspecified atom stereocenters. The predicted octanol–water partition coefficient (Wildman–Crippen LogP) is 5.34. The third kappa shape index (κ3) is 5.06. The summed E-state index contributed by atoms with van der Waals surface area (Å²) in [5.41, 5.74) is 3.96. The van der Waals surface area contributed by atoms with Crippen molar-refractivity contribution >= 4 is 32.7 Å². The summed E-state index contributed by atoms with van der Waals surface area (Å²) in [4.78, 5) is 4.46. The van der Waals surface area contributed by atoms with E-state index in [2.05, 4.69) is 15.0 Å². The molecular formula is C25H25N3O4S2. The topological polar surface area (TPSA) is 101 Å². The third-order valence-electron chi connectivity index (χ3n) is 5.30. The molecule has 0 aliphatic heterocycles. The van der Waals surface area contributed by atoms with Gasteiger partial charge in [-0.1, -0.05) is 48.5 Å². The molecule has 0 bridgehead atoms. The largest absolute Gasteiger partial charge is 0.495 e. The first-order valence-electron chi connectivity index (χ1n) is 10.5. The second-order valence-electron chi connectivity index (χ2n) is 7.73. The van der Waals surface area contributed by atoms with Crippen LogP contribution in [0.25, 0.3) is 10.6 Å². The Balaban J connectivity index is 1.59. The molecule has 4 aromatic rings. The van der Waals surface area contributed by atoms with Gasteiger partial charge in [0.05, 0.1) is 12.8 Å². The number of benzene rings is 3. The molecule has 0 fully saturated rings. The quantitative estimate of drug-likeness (QED) is 0.285. The normalized spacial score (nSPS) is 12.2. The van der Waals surface area contributed by atoms with Crippen LogP contribution in [0, 0.1) is 13.8 Å². The standard InChI is InChI=1S/C25H25N3O4S2/c1-16-8-7-9-17(2)23(16)28-34(30,31)22-14-19(12-13-21(22)32-3)26-24(29)20-15-33-25(27-20)18-10-5-4-6-11-18/h4-15,24,26,28-29H,1-3H3. The first-order chi connectivity index (χ1) is 16.3. The van der Waals surface area contributed by atoms with Crippen molar-refractivity contribution < 1.29 is 18.3 Å². The zero-order valence-electron chi connectivity index (χ0n) is 18.9. The van der Waals surface area contributed by atoms with Gasteiger partial charge in [0.15, 0.2) is 6.23 Å². The number of aliphatic hydroxyl groups is 1. The molecule has 1 aromatic heterocycles. The highest BCUT2D eigenvalue weighted by Gasteiger charge is 2.23. The summed E-state index contributed by atoms with van der Waals surface area (Å²) in [6, 6.07) is 19.9. The Labute approximate surface area is 203 Å². The van der Waals surface area contributed by atoms with Gasteiger partial charge >= 0.3 is 0 Å². The molecule has 0 aliphatic carbocycles. The summed E-state index contributed by atoms with van der Waals surface area (Å²) in [6.07, 6.45) is -1.12. The van der Waals surface area contributed by atoms with Gasteiger partial charge < -0.3 is 15.2 Å². The molecule has 3 N–H and O–H groups in total. The number of methoxy groups -OCH3 is 1. The van der Waals surface area contributed by atoms with Crippen LogP contribution in [0.3, 0.4) is 0 Å². The van der Waals surface area contributed by atoms with E-state index < -0.39 is 16.3 Å². The highest BCUT2D eigenvalue weighted by molar-refractivity contribution is 7.92. The zero-order chi connectivity index (χ0) is 24.3. The Kier molecular flexibility index (Phi) is 6.87. The molecule has 0 saturated carbocycles. The van der Waals surface area contributed by atoms with Crippen molar-refractivity contribution in [3.63, 3.8) is 0 Å². The highest BCUT2D eigenvalue weighted by atomic mass is 32.2. The maximum atomic E-state index is 13.3. The Bertz CT molecular complexity index is 1380. The molecule has 1 atom stereocenters. The van der Waals surface area contributed by atoms with Crippen molar-refractivity contribution in [3.8, 4) is 16.3 Å². The van der Waals surface area contributed by atoms with Crippen LogP contribution in [-0.2, 0) is 10.0 Å². The summed E-state index contributed by atoms with van der Waals surface area (Å²) >= 11 is 1.42. The number of aryl methyl sites for hydroxylation is 2. The van der Waals surface area contributed by atoms with Crippen LogP contribution in [0.2, 0.25) is 0 Å². The highest BCUT2D eigenvalue weighted by Crippen LogP contribution is 2.32. The van der Waals surface area contributed by atoms with E-state index in [0.29, 0.717) is 17.1 Å². The average Bonchev–Trinajstić information content (AvgIpc) is 3.33. The lowest BCUT2D eigenvalue weighted by Crippen LogP contribution is -2.16. The van der Waals surface area contributed by atoms with Gasteiger partial charge in [-0.15, -0.1) is 11.3 Å². The molecule has 4 rings (SSSR count). The number of aliphatic hydroxyl groups excluding tert-OH is 1. The second-order valence-corrected chi connectivity index (χ2v) is 10.2. The van der Waals surface area contributed by atoms with Crippen molar-refractivity contribution in [2.75, 3.05) is 17.1 Å². The van der Waals surface area contributed by atoms with Crippen LogP contribution < -0.4 is 14.8 Å². The number of ether oxygens (including phenoxy) is 1. The average molecular weight is 496 g/mol. The van der Waals surface area contributed by atoms with Crippen LogP contribution in [0.1, 0.15) is 23.0 Å². The molecule has 0 amide bonds. The van der Waals surface area contributed by atoms with Crippen molar-refractivity contribution in [1.29, 1.82) is 0 Å². The summed E-state index contributed by atoms with van der Waals surface area (Å²) in [5.74, 6) is 0.193. The summed E-state index contributed by atoms with van der Waals surface area (Å²) in [7, 11) is -2.55. The van der Waals surface area contributed by atoms with Crippen LogP contribution in [0.4, 0.5) is 11.4 Å². The fourth-order valence-electron chi connectivity index (χ4n) is 3.50. The Morgan fingerprint density at radius 1 is 1.00 bits per heavy atom. The van der Waals surface area contributed by atoms with Gasteiger partial charge in [0.2, 0.25) is 0 Å². The molecule has 7 nitrogen and oxygen atoms in total. The van der Waals surface area contributed by atoms with Gasteiger partial charge in [0.25, 0.3) is 10.0 Å². The van der Waals surface area contributed by atoms with E-state index in [9.17, 15) is 13.5 Å². The number of anilines is 2. The molecule has 176 valence electrons. The minimum atomic E-state index is -3.97. The lowest BCUT2D eigenvalue weighted by atomic mass is 10.1. The second kappa shape index (κ2) is 9.84. The number of para-hydroxylation sites is 1. The van der Waals surface area contributed by atoms with Crippen LogP contribution >= 0.6 is 11.3 Å². The lowest BCUT2D eigenvalue weighted by Gasteiger charge is -2.17. The molecular weight excluding hydrogens is 470 g/mol. The van der Waals surface area contributed by atoms with E-state index in [0.717, 1.165) is 21.7 Å². The lowest BCUT2D eigenvalue weighted by molar-refractivity contribution is 0.204.